The molecule has 0 saturated carbocycles. The number of nitrogens with zero attached hydrogens (tertiary/aromatic N) is 2. The molecule has 0 radical (unpaired) electrons. The van der Waals surface area contributed by atoms with Crippen LogP contribution in [-0.2, 0) is 9.59 Å². The first-order chi connectivity index (χ1) is 12.7. The molecule has 2 aromatic rings. The van der Waals surface area contributed by atoms with Crippen molar-refractivity contribution in [2.45, 2.75) is 33.6 Å². The summed E-state index contributed by atoms with van der Waals surface area (Å²) in [7, 11) is 1.55. The summed E-state index contributed by atoms with van der Waals surface area (Å²) >= 11 is 4.99. The monoisotopic (exact) mass is 381 g/mol. The Bertz CT molecular complexity index is 968. The summed E-state index contributed by atoms with van der Waals surface area (Å²) in [6.07, 6.45) is 1.64. The van der Waals surface area contributed by atoms with Crippen LogP contribution in [0.5, 0.6) is 0 Å². The molecule has 3 rings (SSSR count). The predicted octanol–water partition coefficient (Wildman–Crippen LogP) is 3.47. The Kier molecular flexibility index (Phi) is 5.02. The highest BCUT2D eigenvalue weighted by molar-refractivity contribution is 7.80. The van der Waals surface area contributed by atoms with Gasteiger partial charge in [-0.2, -0.15) is 0 Å². The molecule has 0 bridgehead atoms. The first kappa shape index (κ1) is 19.0. The van der Waals surface area contributed by atoms with Crippen LogP contribution in [-0.4, -0.2) is 33.4 Å². The zero-order valence-corrected chi connectivity index (χ0v) is 17.0. The maximum absolute atomic E-state index is 12.4. The maximum Gasteiger partial charge on any atom is 0.265 e. The second-order valence-corrected chi connectivity index (χ2v) is 7.48. The summed E-state index contributed by atoms with van der Waals surface area (Å²) in [5.41, 5.74) is 5.25. The van der Waals surface area contributed by atoms with E-state index < -0.39 is 11.8 Å². The number of aryl methyl sites for hydroxylation is 1. The molecular weight excluding hydrogens is 358 g/mol. The summed E-state index contributed by atoms with van der Waals surface area (Å²) in [6, 6.07) is 10.4. The van der Waals surface area contributed by atoms with Crippen molar-refractivity contribution in [1.82, 2.24) is 14.8 Å². The van der Waals surface area contributed by atoms with Crippen LogP contribution in [0.2, 0.25) is 0 Å². The Morgan fingerprint density at radius 1 is 1.11 bits per heavy atom. The minimum atomic E-state index is -0.464. The summed E-state index contributed by atoms with van der Waals surface area (Å²) in [5, 5.41) is 2.66. The van der Waals surface area contributed by atoms with Crippen molar-refractivity contribution in [2.24, 2.45) is 0 Å². The van der Waals surface area contributed by atoms with Crippen LogP contribution >= 0.6 is 12.2 Å². The number of thiocarbonyl (C=S) groups is 1. The first-order valence-corrected chi connectivity index (χ1v) is 9.26. The van der Waals surface area contributed by atoms with Crippen molar-refractivity contribution in [2.75, 3.05) is 7.05 Å². The number of likely N-dealkylation sites (N-methyl/N-ethyl adjacent to an activating group) is 1. The molecule has 1 aliphatic heterocycles. The molecular formula is C21H23N3O2S. The molecule has 0 atom stereocenters. The van der Waals surface area contributed by atoms with Crippen molar-refractivity contribution >= 4 is 35.2 Å². The number of aromatic nitrogens is 1. The topological polar surface area (TPSA) is 54.3 Å². The summed E-state index contributed by atoms with van der Waals surface area (Å²) in [6.45, 7) is 8.32. The van der Waals surface area contributed by atoms with Crippen LogP contribution in [0.15, 0.2) is 35.9 Å². The Hall–Kier alpha value is -2.73. The van der Waals surface area contributed by atoms with E-state index in [0.29, 0.717) is 5.92 Å². The third-order valence-electron chi connectivity index (χ3n) is 4.89. The lowest BCUT2D eigenvalue weighted by Crippen LogP contribution is -2.52. The van der Waals surface area contributed by atoms with E-state index in [1.807, 2.05) is 19.9 Å². The average molecular weight is 382 g/mol. The van der Waals surface area contributed by atoms with Crippen molar-refractivity contribution in [1.29, 1.82) is 0 Å². The van der Waals surface area contributed by atoms with E-state index >= 15 is 0 Å². The SMILES string of the molecule is Cc1cc(/C=C2\C(=O)NC(=S)N(C)C2=O)c(C)n1-c1ccc(C(C)C)cc1. The summed E-state index contributed by atoms with van der Waals surface area (Å²) < 4.78 is 2.12. The highest BCUT2D eigenvalue weighted by atomic mass is 32.1. The van der Waals surface area contributed by atoms with Gasteiger partial charge in [-0.3, -0.25) is 19.8 Å². The molecule has 1 fully saturated rings. The minimum Gasteiger partial charge on any atom is -0.318 e. The number of amides is 2. The number of benzene rings is 1. The highest BCUT2D eigenvalue weighted by Crippen LogP contribution is 2.25. The number of carbonyl (C=O) groups is 2. The molecule has 1 aromatic carbocycles. The standard InChI is InChI=1S/C21H23N3O2S/c1-12(2)15-6-8-17(9-7-15)24-13(3)10-16(14(24)4)11-18-19(25)22-21(27)23(5)20(18)26/h6-12H,1-5H3,(H,22,25,27)/b18-11+. The van der Waals surface area contributed by atoms with Crippen LogP contribution < -0.4 is 5.32 Å². The smallest absolute Gasteiger partial charge is 0.265 e. The van der Waals surface area contributed by atoms with E-state index in [1.165, 1.54) is 10.5 Å². The van der Waals surface area contributed by atoms with Crippen molar-refractivity contribution in [3.63, 3.8) is 0 Å². The number of hydrogen-bond donors (Lipinski definition) is 1. The fraction of sp³-hybridized carbons (Fsp3) is 0.286. The second kappa shape index (κ2) is 7.12. The number of nitrogens with one attached hydrogen (secondary N) is 1. The fourth-order valence-corrected chi connectivity index (χ4v) is 3.42. The van der Waals surface area contributed by atoms with E-state index in [9.17, 15) is 9.59 Å². The number of hydrogen-bond acceptors (Lipinski definition) is 3. The molecule has 6 heteroatoms. The van der Waals surface area contributed by atoms with Gasteiger partial charge < -0.3 is 4.57 Å². The van der Waals surface area contributed by atoms with Crippen molar-refractivity contribution in [3.05, 3.63) is 58.4 Å². The van der Waals surface area contributed by atoms with Crippen molar-refractivity contribution < 1.29 is 9.59 Å². The molecule has 1 N–H and O–H groups in total. The molecule has 0 unspecified atom stereocenters. The van der Waals surface area contributed by atoms with E-state index in [0.717, 1.165) is 22.6 Å². The quantitative estimate of drug-likeness (QED) is 0.503. The largest absolute Gasteiger partial charge is 0.318 e. The van der Waals surface area contributed by atoms with E-state index in [2.05, 4.69) is 48.0 Å². The molecule has 1 saturated heterocycles. The fourth-order valence-electron chi connectivity index (χ4n) is 3.24. The number of carbonyl (C=O) groups excluding carboxylic acids is 2. The lowest BCUT2D eigenvalue weighted by Gasteiger charge is -2.25. The zero-order valence-electron chi connectivity index (χ0n) is 16.2. The molecule has 2 heterocycles. The molecule has 1 aliphatic rings. The van der Waals surface area contributed by atoms with Gasteiger partial charge in [0.05, 0.1) is 0 Å². The van der Waals surface area contributed by atoms with Gasteiger partial charge in [-0.25, -0.2) is 0 Å². The Labute approximate surface area is 164 Å². The normalized spacial score (nSPS) is 16.4. The molecule has 140 valence electrons. The molecule has 5 nitrogen and oxygen atoms in total. The molecule has 0 aliphatic carbocycles. The molecule has 0 spiro atoms. The lowest BCUT2D eigenvalue weighted by molar-refractivity contribution is -0.128. The Balaban J connectivity index is 2.02. The van der Waals surface area contributed by atoms with Crippen LogP contribution in [0.3, 0.4) is 0 Å². The van der Waals surface area contributed by atoms with E-state index in [1.54, 1.807) is 13.1 Å². The molecule has 1 aromatic heterocycles. The van der Waals surface area contributed by atoms with Gasteiger partial charge in [0.1, 0.15) is 5.57 Å². The second-order valence-electron chi connectivity index (χ2n) is 7.09. The van der Waals surface area contributed by atoms with Crippen LogP contribution in [0.4, 0.5) is 0 Å². The molecule has 2 amide bonds. The Morgan fingerprint density at radius 3 is 2.33 bits per heavy atom. The number of rotatable bonds is 3. The van der Waals surface area contributed by atoms with Crippen LogP contribution in [0.25, 0.3) is 11.8 Å². The predicted molar refractivity (Wildman–Crippen MR) is 111 cm³/mol. The zero-order chi connectivity index (χ0) is 19.9. The average Bonchev–Trinajstić information content (AvgIpc) is 2.90. The summed E-state index contributed by atoms with van der Waals surface area (Å²) in [5.74, 6) is -0.380. The van der Waals surface area contributed by atoms with Gasteiger partial charge in [0.25, 0.3) is 11.8 Å². The van der Waals surface area contributed by atoms with E-state index in [-0.39, 0.29) is 10.7 Å². The van der Waals surface area contributed by atoms with Gasteiger partial charge in [0.2, 0.25) is 0 Å². The van der Waals surface area contributed by atoms with Crippen molar-refractivity contribution in [3.8, 4) is 5.69 Å². The highest BCUT2D eigenvalue weighted by Gasteiger charge is 2.31. The van der Waals surface area contributed by atoms with Gasteiger partial charge in [-0.05, 0) is 67.4 Å². The third kappa shape index (κ3) is 3.45. The lowest BCUT2D eigenvalue weighted by atomic mass is 10.0. The molecule has 27 heavy (non-hydrogen) atoms. The van der Waals surface area contributed by atoms with Gasteiger partial charge in [0.15, 0.2) is 5.11 Å². The minimum absolute atomic E-state index is 0.0847. The van der Waals surface area contributed by atoms with Gasteiger partial charge in [-0.1, -0.05) is 26.0 Å². The third-order valence-corrected chi connectivity index (χ3v) is 5.27. The van der Waals surface area contributed by atoms with Crippen LogP contribution in [0, 0.1) is 13.8 Å². The van der Waals surface area contributed by atoms with Gasteiger partial charge in [-0.15, -0.1) is 0 Å². The van der Waals surface area contributed by atoms with Crippen LogP contribution in [0.1, 0.15) is 42.3 Å². The first-order valence-electron chi connectivity index (χ1n) is 8.85. The van der Waals surface area contributed by atoms with E-state index in [4.69, 9.17) is 12.2 Å². The van der Waals surface area contributed by atoms with Gasteiger partial charge in [0, 0.05) is 24.1 Å². The Morgan fingerprint density at radius 2 is 1.74 bits per heavy atom. The van der Waals surface area contributed by atoms with Gasteiger partial charge >= 0.3 is 0 Å². The summed E-state index contributed by atoms with van der Waals surface area (Å²) in [4.78, 5) is 25.9. The maximum atomic E-state index is 12.4.